The predicted molar refractivity (Wildman–Crippen MR) is 71.3 cm³/mol. The molecule has 106 valence electrons. The first-order valence-electron chi connectivity index (χ1n) is 6.46. The molecule has 0 aromatic heterocycles. The third-order valence-electron chi connectivity index (χ3n) is 3.22. The Morgan fingerprint density at radius 1 is 1.35 bits per heavy atom. The molecule has 20 heavy (non-hydrogen) atoms. The lowest BCUT2D eigenvalue weighted by atomic mass is 10.0. The minimum absolute atomic E-state index is 0.0494. The van der Waals surface area contributed by atoms with Crippen LogP contribution in [0.15, 0.2) is 24.3 Å². The van der Waals surface area contributed by atoms with Crippen LogP contribution in [0.1, 0.15) is 28.8 Å². The first kappa shape index (κ1) is 14.0. The summed E-state index contributed by atoms with van der Waals surface area (Å²) < 4.78 is 0. The molecule has 3 N–H and O–H groups in total. The molecule has 1 aromatic carbocycles. The van der Waals surface area contributed by atoms with Crippen LogP contribution in [0.2, 0.25) is 0 Å². The van der Waals surface area contributed by atoms with Crippen LogP contribution >= 0.6 is 0 Å². The van der Waals surface area contributed by atoms with Crippen molar-refractivity contribution < 1.29 is 19.5 Å². The number of amides is 2. The number of piperidine rings is 1. The van der Waals surface area contributed by atoms with Gasteiger partial charge in [-0.15, -0.1) is 0 Å². The number of hydrogen-bond acceptors (Lipinski definition) is 3. The van der Waals surface area contributed by atoms with E-state index in [0.717, 1.165) is 6.42 Å². The van der Waals surface area contributed by atoms with Gasteiger partial charge in [-0.2, -0.15) is 0 Å². The fourth-order valence-corrected chi connectivity index (χ4v) is 2.21. The molecule has 1 saturated heterocycles. The summed E-state index contributed by atoms with van der Waals surface area (Å²) >= 11 is 0. The lowest BCUT2D eigenvalue weighted by Crippen LogP contribution is -2.50. The molecule has 1 atom stereocenters. The van der Waals surface area contributed by atoms with Crippen molar-refractivity contribution in [3.05, 3.63) is 35.4 Å². The molecular formula is C14H16N2O4. The molecular weight excluding hydrogens is 260 g/mol. The number of nitrogens with one attached hydrogen (secondary N) is 2. The summed E-state index contributed by atoms with van der Waals surface area (Å²) in [6.07, 6.45) is 1.38. The standard InChI is InChI=1S/C14H16N2O4/c17-12(16-11-6-3-7-15-13(11)18)8-9-4-1-2-5-10(9)14(19)20/h1-2,4-5,11H,3,6-8H2,(H,15,18)(H,16,17)(H,19,20). The van der Waals surface area contributed by atoms with Crippen LogP contribution < -0.4 is 10.6 Å². The van der Waals surface area contributed by atoms with Gasteiger partial charge in [-0.1, -0.05) is 18.2 Å². The van der Waals surface area contributed by atoms with Crippen molar-refractivity contribution in [2.75, 3.05) is 6.54 Å². The monoisotopic (exact) mass is 276 g/mol. The molecule has 0 spiro atoms. The molecule has 0 bridgehead atoms. The lowest BCUT2D eigenvalue weighted by molar-refractivity contribution is -0.129. The molecule has 0 radical (unpaired) electrons. The molecule has 6 heteroatoms. The van der Waals surface area contributed by atoms with Gasteiger partial charge in [-0.3, -0.25) is 9.59 Å². The zero-order chi connectivity index (χ0) is 14.5. The number of carbonyl (C=O) groups is 3. The number of aromatic carboxylic acids is 1. The Hall–Kier alpha value is -2.37. The molecule has 1 aliphatic rings. The third-order valence-corrected chi connectivity index (χ3v) is 3.22. The average molecular weight is 276 g/mol. The zero-order valence-electron chi connectivity index (χ0n) is 10.9. The molecule has 1 fully saturated rings. The Kier molecular flexibility index (Phi) is 4.34. The Morgan fingerprint density at radius 2 is 2.10 bits per heavy atom. The third kappa shape index (κ3) is 3.34. The largest absolute Gasteiger partial charge is 0.478 e. The topological polar surface area (TPSA) is 95.5 Å². The number of carboxylic acids is 1. The number of hydrogen-bond donors (Lipinski definition) is 3. The van der Waals surface area contributed by atoms with Crippen molar-refractivity contribution in [2.24, 2.45) is 0 Å². The van der Waals surface area contributed by atoms with E-state index in [-0.39, 0.29) is 23.8 Å². The number of rotatable bonds is 4. The molecule has 2 amide bonds. The minimum Gasteiger partial charge on any atom is -0.478 e. The number of benzene rings is 1. The van der Waals surface area contributed by atoms with Gasteiger partial charge >= 0.3 is 5.97 Å². The van der Waals surface area contributed by atoms with Gasteiger partial charge in [0, 0.05) is 6.54 Å². The van der Waals surface area contributed by atoms with E-state index < -0.39 is 12.0 Å². The Morgan fingerprint density at radius 3 is 2.80 bits per heavy atom. The molecule has 2 rings (SSSR count). The maximum Gasteiger partial charge on any atom is 0.335 e. The van der Waals surface area contributed by atoms with Gasteiger partial charge in [0.05, 0.1) is 12.0 Å². The van der Waals surface area contributed by atoms with E-state index in [4.69, 9.17) is 5.11 Å². The van der Waals surface area contributed by atoms with Crippen molar-refractivity contribution in [1.82, 2.24) is 10.6 Å². The van der Waals surface area contributed by atoms with E-state index in [9.17, 15) is 14.4 Å². The Balaban J connectivity index is 2.01. The highest BCUT2D eigenvalue weighted by atomic mass is 16.4. The second-order valence-electron chi connectivity index (χ2n) is 4.69. The number of carboxylic acid groups (broad SMARTS) is 1. The van der Waals surface area contributed by atoms with Crippen molar-refractivity contribution in [3.8, 4) is 0 Å². The molecule has 6 nitrogen and oxygen atoms in total. The average Bonchev–Trinajstić information content (AvgIpc) is 2.41. The van der Waals surface area contributed by atoms with Crippen molar-refractivity contribution in [3.63, 3.8) is 0 Å². The molecule has 1 heterocycles. The van der Waals surface area contributed by atoms with E-state index in [1.165, 1.54) is 6.07 Å². The molecule has 0 saturated carbocycles. The maximum atomic E-state index is 11.9. The molecule has 1 unspecified atom stereocenters. The van der Waals surface area contributed by atoms with Gasteiger partial charge in [0.1, 0.15) is 6.04 Å². The van der Waals surface area contributed by atoms with E-state index in [2.05, 4.69) is 10.6 Å². The predicted octanol–water partition coefficient (Wildman–Crippen LogP) is 0.322. The van der Waals surface area contributed by atoms with E-state index in [1.807, 2.05) is 0 Å². The summed E-state index contributed by atoms with van der Waals surface area (Å²) in [4.78, 5) is 34.5. The van der Waals surface area contributed by atoms with Gasteiger partial charge in [-0.25, -0.2) is 4.79 Å². The number of carbonyl (C=O) groups excluding carboxylic acids is 2. The normalized spacial score (nSPS) is 18.2. The van der Waals surface area contributed by atoms with Gasteiger partial charge < -0.3 is 15.7 Å². The summed E-state index contributed by atoms with van der Waals surface area (Å²) in [5.41, 5.74) is 0.546. The Bertz CT molecular complexity index is 542. The van der Waals surface area contributed by atoms with Crippen LogP contribution in [0, 0.1) is 0 Å². The van der Waals surface area contributed by atoms with E-state index >= 15 is 0 Å². The summed E-state index contributed by atoms with van der Waals surface area (Å²) in [5, 5.41) is 14.4. The van der Waals surface area contributed by atoms with Gasteiger partial charge in [0.25, 0.3) is 0 Å². The van der Waals surface area contributed by atoms with Crippen molar-refractivity contribution in [2.45, 2.75) is 25.3 Å². The fourth-order valence-electron chi connectivity index (χ4n) is 2.21. The van der Waals surface area contributed by atoms with Crippen LogP contribution in [0.4, 0.5) is 0 Å². The highest BCUT2D eigenvalue weighted by Crippen LogP contribution is 2.10. The fraction of sp³-hybridized carbons (Fsp3) is 0.357. The second-order valence-corrected chi connectivity index (χ2v) is 4.69. The molecule has 0 aliphatic carbocycles. The van der Waals surface area contributed by atoms with E-state index in [0.29, 0.717) is 18.5 Å². The lowest BCUT2D eigenvalue weighted by Gasteiger charge is -2.22. The van der Waals surface area contributed by atoms with Gasteiger partial charge in [0.15, 0.2) is 0 Å². The highest BCUT2D eigenvalue weighted by molar-refractivity contribution is 5.93. The molecule has 1 aliphatic heterocycles. The summed E-state index contributed by atoms with van der Waals surface area (Å²) in [6, 6.07) is 5.83. The summed E-state index contributed by atoms with van der Waals surface area (Å²) in [7, 11) is 0. The highest BCUT2D eigenvalue weighted by Gasteiger charge is 2.24. The van der Waals surface area contributed by atoms with Crippen LogP contribution in [0.25, 0.3) is 0 Å². The van der Waals surface area contributed by atoms with Gasteiger partial charge in [0.2, 0.25) is 11.8 Å². The SMILES string of the molecule is O=C(Cc1ccccc1C(=O)O)NC1CCCNC1=O. The van der Waals surface area contributed by atoms with Crippen LogP contribution in [-0.2, 0) is 16.0 Å². The Labute approximate surface area is 116 Å². The second kappa shape index (κ2) is 6.18. The van der Waals surface area contributed by atoms with Crippen LogP contribution in [0.3, 0.4) is 0 Å². The smallest absolute Gasteiger partial charge is 0.335 e. The maximum absolute atomic E-state index is 11.9. The van der Waals surface area contributed by atoms with Crippen molar-refractivity contribution in [1.29, 1.82) is 0 Å². The summed E-state index contributed by atoms with van der Waals surface area (Å²) in [6.45, 7) is 0.632. The minimum atomic E-state index is -1.07. The quantitative estimate of drug-likeness (QED) is 0.738. The van der Waals surface area contributed by atoms with Crippen LogP contribution in [-0.4, -0.2) is 35.5 Å². The zero-order valence-corrected chi connectivity index (χ0v) is 10.9. The van der Waals surface area contributed by atoms with E-state index in [1.54, 1.807) is 18.2 Å². The first-order valence-corrected chi connectivity index (χ1v) is 6.46. The van der Waals surface area contributed by atoms with Crippen LogP contribution in [0.5, 0.6) is 0 Å². The molecule has 1 aromatic rings. The first-order chi connectivity index (χ1) is 9.58. The summed E-state index contributed by atoms with van der Waals surface area (Å²) in [5.74, 6) is -1.60. The van der Waals surface area contributed by atoms with Gasteiger partial charge in [-0.05, 0) is 24.5 Å². The van der Waals surface area contributed by atoms with Crippen molar-refractivity contribution >= 4 is 17.8 Å².